The molecular formula is C8H10ClN. The van der Waals surface area contributed by atoms with E-state index in [1.165, 1.54) is 11.1 Å². The minimum Gasteiger partial charge on any atom is -0.263 e. The third-order valence-electron chi connectivity index (χ3n) is 1.57. The Morgan fingerprint density at radius 2 is 2.20 bits per heavy atom. The summed E-state index contributed by atoms with van der Waals surface area (Å²) in [6, 6.07) is 0. The first-order valence-electron chi connectivity index (χ1n) is 3.34. The van der Waals surface area contributed by atoms with Gasteiger partial charge in [-0.1, -0.05) is 18.5 Å². The molecular weight excluding hydrogens is 146 g/mol. The zero-order chi connectivity index (χ0) is 7.56. The van der Waals surface area contributed by atoms with Crippen molar-refractivity contribution in [1.29, 1.82) is 0 Å². The van der Waals surface area contributed by atoms with Crippen LogP contribution >= 0.6 is 11.6 Å². The van der Waals surface area contributed by atoms with Gasteiger partial charge in [-0.15, -0.1) is 0 Å². The highest BCUT2D eigenvalue weighted by molar-refractivity contribution is 6.31. The fraction of sp³-hybridized carbons (Fsp3) is 0.375. The van der Waals surface area contributed by atoms with Crippen LogP contribution in [0.1, 0.15) is 18.1 Å². The van der Waals surface area contributed by atoms with Crippen LogP contribution in [0.25, 0.3) is 0 Å². The van der Waals surface area contributed by atoms with E-state index in [0.29, 0.717) is 0 Å². The number of hydrogen-bond acceptors (Lipinski definition) is 1. The van der Waals surface area contributed by atoms with Gasteiger partial charge in [0.15, 0.2) is 0 Å². The first kappa shape index (κ1) is 7.55. The Morgan fingerprint density at radius 3 is 2.60 bits per heavy atom. The maximum atomic E-state index is 5.87. The lowest BCUT2D eigenvalue weighted by molar-refractivity contribution is 1.08. The molecule has 0 bridgehead atoms. The highest BCUT2D eigenvalue weighted by Gasteiger charge is 1.99. The van der Waals surface area contributed by atoms with Crippen molar-refractivity contribution in [3.63, 3.8) is 0 Å². The standard InChI is InChI=1S/C8H10ClN/c1-3-7-6(2)4-10-5-8(7)9/h4-5H,3H2,1-2H3. The number of nitrogens with zero attached hydrogens (tertiary/aromatic N) is 1. The van der Waals surface area contributed by atoms with Gasteiger partial charge in [0.05, 0.1) is 5.02 Å². The molecule has 0 unspecified atom stereocenters. The van der Waals surface area contributed by atoms with E-state index in [-0.39, 0.29) is 0 Å². The molecule has 1 nitrogen and oxygen atoms in total. The third-order valence-corrected chi connectivity index (χ3v) is 1.90. The molecule has 1 aromatic rings. The van der Waals surface area contributed by atoms with Crippen molar-refractivity contribution >= 4 is 11.6 Å². The summed E-state index contributed by atoms with van der Waals surface area (Å²) in [5, 5.41) is 0.780. The Balaban J connectivity index is 3.17. The molecule has 0 atom stereocenters. The second kappa shape index (κ2) is 3.02. The van der Waals surface area contributed by atoms with E-state index in [0.717, 1.165) is 11.4 Å². The Morgan fingerprint density at radius 1 is 1.50 bits per heavy atom. The van der Waals surface area contributed by atoms with E-state index in [1.54, 1.807) is 6.20 Å². The molecule has 0 aliphatic carbocycles. The topological polar surface area (TPSA) is 12.9 Å². The van der Waals surface area contributed by atoms with E-state index >= 15 is 0 Å². The summed E-state index contributed by atoms with van der Waals surface area (Å²) in [6.45, 7) is 4.12. The van der Waals surface area contributed by atoms with Gasteiger partial charge in [-0.05, 0) is 24.5 Å². The van der Waals surface area contributed by atoms with Crippen LogP contribution in [0.3, 0.4) is 0 Å². The minimum absolute atomic E-state index is 0.780. The molecule has 0 N–H and O–H groups in total. The van der Waals surface area contributed by atoms with Crippen molar-refractivity contribution in [3.05, 3.63) is 28.5 Å². The van der Waals surface area contributed by atoms with Gasteiger partial charge >= 0.3 is 0 Å². The Labute approximate surface area is 66.0 Å². The fourth-order valence-corrected chi connectivity index (χ4v) is 1.35. The van der Waals surface area contributed by atoms with Gasteiger partial charge in [-0.25, -0.2) is 0 Å². The molecule has 0 saturated carbocycles. The number of aromatic nitrogens is 1. The van der Waals surface area contributed by atoms with Gasteiger partial charge in [0, 0.05) is 12.4 Å². The molecule has 1 rings (SSSR count). The fourth-order valence-electron chi connectivity index (χ4n) is 1.01. The predicted molar refractivity (Wildman–Crippen MR) is 43.4 cm³/mol. The third kappa shape index (κ3) is 1.29. The zero-order valence-electron chi connectivity index (χ0n) is 6.19. The van der Waals surface area contributed by atoms with Crippen LogP contribution in [0, 0.1) is 6.92 Å². The molecule has 0 fully saturated rings. The molecule has 0 saturated heterocycles. The van der Waals surface area contributed by atoms with E-state index in [4.69, 9.17) is 11.6 Å². The number of hydrogen-bond donors (Lipinski definition) is 0. The van der Waals surface area contributed by atoms with E-state index in [1.807, 2.05) is 13.1 Å². The van der Waals surface area contributed by atoms with Gasteiger partial charge in [-0.2, -0.15) is 0 Å². The van der Waals surface area contributed by atoms with Crippen molar-refractivity contribution in [2.24, 2.45) is 0 Å². The summed E-state index contributed by atoms with van der Waals surface area (Å²) in [6.07, 6.45) is 4.51. The molecule has 0 radical (unpaired) electrons. The maximum absolute atomic E-state index is 5.87. The average molecular weight is 156 g/mol. The summed E-state index contributed by atoms with van der Waals surface area (Å²) >= 11 is 5.87. The van der Waals surface area contributed by atoms with E-state index in [2.05, 4.69) is 11.9 Å². The molecule has 54 valence electrons. The number of rotatable bonds is 1. The second-order valence-electron chi connectivity index (χ2n) is 2.27. The van der Waals surface area contributed by atoms with E-state index in [9.17, 15) is 0 Å². The monoisotopic (exact) mass is 155 g/mol. The molecule has 1 heterocycles. The van der Waals surface area contributed by atoms with Crippen molar-refractivity contribution in [2.45, 2.75) is 20.3 Å². The molecule has 0 aliphatic heterocycles. The summed E-state index contributed by atoms with van der Waals surface area (Å²) in [7, 11) is 0. The highest BCUT2D eigenvalue weighted by Crippen LogP contribution is 2.17. The molecule has 1 aromatic heterocycles. The molecule has 10 heavy (non-hydrogen) atoms. The van der Waals surface area contributed by atoms with Crippen LogP contribution in [-0.4, -0.2) is 4.98 Å². The summed E-state index contributed by atoms with van der Waals surface area (Å²) in [5.74, 6) is 0. The maximum Gasteiger partial charge on any atom is 0.0623 e. The van der Waals surface area contributed by atoms with Crippen molar-refractivity contribution in [2.75, 3.05) is 0 Å². The Hall–Kier alpha value is -0.560. The lowest BCUT2D eigenvalue weighted by Crippen LogP contribution is -1.88. The van der Waals surface area contributed by atoms with Crippen LogP contribution in [0.4, 0.5) is 0 Å². The normalized spacial score (nSPS) is 9.90. The van der Waals surface area contributed by atoms with Crippen LogP contribution < -0.4 is 0 Å². The van der Waals surface area contributed by atoms with Gasteiger partial charge in [-0.3, -0.25) is 4.98 Å². The predicted octanol–water partition coefficient (Wildman–Crippen LogP) is 2.61. The summed E-state index contributed by atoms with van der Waals surface area (Å²) in [5.41, 5.74) is 2.38. The van der Waals surface area contributed by atoms with Gasteiger partial charge in [0.25, 0.3) is 0 Å². The van der Waals surface area contributed by atoms with Crippen LogP contribution in [-0.2, 0) is 6.42 Å². The lowest BCUT2D eigenvalue weighted by Gasteiger charge is -2.02. The Bertz CT molecular complexity index is 212. The smallest absolute Gasteiger partial charge is 0.0623 e. The van der Waals surface area contributed by atoms with Crippen LogP contribution in [0.5, 0.6) is 0 Å². The average Bonchev–Trinajstić information content (AvgIpc) is 1.88. The van der Waals surface area contributed by atoms with Gasteiger partial charge in [0.2, 0.25) is 0 Å². The lowest BCUT2D eigenvalue weighted by atomic mass is 10.1. The first-order valence-corrected chi connectivity index (χ1v) is 3.72. The quantitative estimate of drug-likeness (QED) is 0.608. The minimum atomic E-state index is 0.780. The van der Waals surface area contributed by atoms with Gasteiger partial charge < -0.3 is 0 Å². The molecule has 0 amide bonds. The largest absolute Gasteiger partial charge is 0.263 e. The van der Waals surface area contributed by atoms with E-state index < -0.39 is 0 Å². The Kier molecular flexibility index (Phi) is 2.28. The first-order chi connectivity index (χ1) is 4.75. The second-order valence-corrected chi connectivity index (χ2v) is 2.68. The van der Waals surface area contributed by atoms with Crippen LogP contribution in [0.15, 0.2) is 12.4 Å². The van der Waals surface area contributed by atoms with Gasteiger partial charge in [0.1, 0.15) is 0 Å². The molecule has 0 aromatic carbocycles. The SMILES string of the molecule is CCc1c(C)cncc1Cl. The molecule has 0 spiro atoms. The van der Waals surface area contributed by atoms with Crippen LogP contribution in [0.2, 0.25) is 5.02 Å². The highest BCUT2D eigenvalue weighted by atomic mass is 35.5. The number of pyridine rings is 1. The van der Waals surface area contributed by atoms with Crippen molar-refractivity contribution in [3.8, 4) is 0 Å². The number of halogens is 1. The summed E-state index contributed by atoms with van der Waals surface area (Å²) < 4.78 is 0. The zero-order valence-corrected chi connectivity index (χ0v) is 6.94. The summed E-state index contributed by atoms with van der Waals surface area (Å²) in [4.78, 5) is 3.96. The number of aryl methyl sites for hydroxylation is 1. The molecule has 0 aliphatic rings. The van der Waals surface area contributed by atoms with Crippen molar-refractivity contribution in [1.82, 2.24) is 4.98 Å². The molecule has 2 heteroatoms. The van der Waals surface area contributed by atoms with Crippen molar-refractivity contribution < 1.29 is 0 Å².